The molecule has 0 aliphatic carbocycles. The van der Waals surface area contributed by atoms with Gasteiger partial charge in [0.1, 0.15) is 30.3 Å². The van der Waals surface area contributed by atoms with Crippen LogP contribution in [0.25, 0.3) is 5.57 Å². The van der Waals surface area contributed by atoms with Crippen molar-refractivity contribution < 1.29 is 42.7 Å². The van der Waals surface area contributed by atoms with Crippen molar-refractivity contribution in [3.8, 4) is 11.5 Å². The Morgan fingerprint density at radius 3 is 2.46 bits per heavy atom. The molecule has 0 amide bonds. The standard InChI is InChI=1S/C28H32O9/c1-17-13-14-32-21-15-19(11-12-20(17)21)34-26-24(35-25(29)18-9-7-6-8-10-18)23-22(16-33-26)36-27(2,30-4)28(3,31-5)37-23/h6-13,15,22-24,26H,14,16H2,1-5H3/t22-,23+,24-,26+,27?,28?/m1/s1. The normalized spacial score (nSPS) is 32.8. The van der Waals surface area contributed by atoms with Crippen molar-refractivity contribution in [1.82, 2.24) is 0 Å². The third kappa shape index (κ3) is 4.73. The Kier molecular flexibility index (Phi) is 6.99. The van der Waals surface area contributed by atoms with Gasteiger partial charge in [0.15, 0.2) is 6.10 Å². The van der Waals surface area contributed by atoms with E-state index in [0.717, 1.165) is 11.1 Å². The van der Waals surface area contributed by atoms with Crippen LogP contribution in [0, 0.1) is 0 Å². The zero-order valence-electron chi connectivity index (χ0n) is 21.6. The van der Waals surface area contributed by atoms with Crippen LogP contribution in [0.5, 0.6) is 11.5 Å². The number of rotatable bonds is 6. The molecule has 2 aromatic rings. The lowest BCUT2D eigenvalue weighted by molar-refractivity contribution is -0.469. The third-order valence-corrected chi connectivity index (χ3v) is 7.24. The van der Waals surface area contributed by atoms with Crippen molar-refractivity contribution in [3.05, 3.63) is 65.7 Å². The second-order valence-corrected chi connectivity index (χ2v) is 9.45. The van der Waals surface area contributed by atoms with Crippen molar-refractivity contribution in [2.24, 2.45) is 0 Å². The summed E-state index contributed by atoms with van der Waals surface area (Å²) in [7, 11) is 3.02. The first-order chi connectivity index (χ1) is 17.8. The van der Waals surface area contributed by atoms with Gasteiger partial charge in [0, 0.05) is 25.8 Å². The van der Waals surface area contributed by atoms with Gasteiger partial charge in [0.25, 0.3) is 0 Å². The number of ether oxygens (including phenoxy) is 8. The summed E-state index contributed by atoms with van der Waals surface area (Å²) in [5, 5.41) is 0. The Bertz CT molecular complexity index is 1170. The predicted octanol–water partition coefficient (Wildman–Crippen LogP) is 3.95. The minimum Gasteiger partial charge on any atom is -0.489 e. The first-order valence-electron chi connectivity index (χ1n) is 12.2. The third-order valence-electron chi connectivity index (χ3n) is 7.24. The lowest BCUT2D eigenvalue weighted by Crippen LogP contribution is -2.71. The van der Waals surface area contributed by atoms with Crippen LogP contribution in [0.2, 0.25) is 0 Å². The molecule has 0 saturated carbocycles. The van der Waals surface area contributed by atoms with Crippen LogP contribution in [0.1, 0.15) is 36.7 Å². The molecule has 2 aromatic carbocycles. The van der Waals surface area contributed by atoms with Crippen molar-refractivity contribution in [3.63, 3.8) is 0 Å². The van der Waals surface area contributed by atoms with Crippen LogP contribution in [0.15, 0.2) is 54.6 Å². The molecular weight excluding hydrogens is 480 g/mol. The van der Waals surface area contributed by atoms with Gasteiger partial charge in [0.05, 0.1) is 12.2 Å². The number of hydrogen-bond acceptors (Lipinski definition) is 9. The van der Waals surface area contributed by atoms with Crippen LogP contribution in [-0.2, 0) is 28.4 Å². The van der Waals surface area contributed by atoms with Gasteiger partial charge in [-0.1, -0.05) is 18.2 Å². The molecule has 0 radical (unpaired) electrons. The largest absolute Gasteiger partial charge is 0.489 e. The van der Waals surface area contributed by atoms with Gasteiger partial charge < -0.3 is 37.9 Å². The Balaban J connectivity index is 1.45. The maximum absolute atomic E-state index is 13.1. The van der Waals surface area contributed by atoms with E-state index in [0.29, 0.717) is 23.7 Å². The second kappa shape index (κ2) is 10.1. The van der Waals surface area contributed by atoms with Gasteiger partial charge in [0.2, 0.25) is 17.9 Å². The molecule has 0 N–H and O–H groups in total. The van der Waals surface area contributed by atoms with E-state index < -0.39 is 42.1 Å². The SMILES string of the molecule is COC1(C)O[C@@H]2[C@@H](OC(=O)c3ccccc3)[C@H](Oc3ccc4c(c3)OCC=C4C)OC[C@H]2OC1(C)OC. The Labute approximate surface area is 216 Å². The van der Waals surface area contributed by atoms with E-state index in [1.54, 1.807) is 44.2 Å². The van der Waals surface area contributed by atoms with Crippen LogP contribution >= 0.6 is 0 Å². The summed E-state index contributed by atoms with van der Waals surface area (Å²) < 4.78 is 48.0. The maximum atomic E-state index is 13.1. The van der Waals surface area contributed by atoms with Gasteiger partial charge in [-0.05, 0) is 56.7 Å². The van der Waals surface area contributed by atoms with Crippen molar-refractivity contribution in [1.29, 1.82) is 0 Å². The second-order valence-electron chi connectivity index (χ2n) is 9.45. The number of hydrogen-bond donors (Lipinski definition) is 0. The van der Waals surface area contributed by atoms with Crippen molar-refractivity contribution in [2.75, 3.05) is 27.4 Å². The summed E-state index contributed by atoms with van der Waals surface area (Å²) >= 11 is 0. The van der Waals surface area contributed by atoms with E-state index in [4.69, 9.17) is 37.9 Å². The summed E-state index contributed by atoms with van der Waals surface area (Å²) in [5.41, 5.74) is 2.52. The summed E-state index contributed by atoms with van der Waals surface area (Å²) in [6, 6.07) is 14.3. The quantitative estimate of drug-likeness (QED) is 0.534. The number of allylic oxidation sites excluding steroid dienone is 1. The number of carbonyl (C=O) groups is 1. The molecule has 2 saturated heterocycles. The monoisotopic (exact) mass is 512 g/mol. The van der Waals surface area contributed by atoms with E-state index in [-0.39, 0.29) is 6.61 Å². The zero-order valence-corrected chi connectivity index (χ0v) is 21.6. The molecule has 5 rings (SSSR count). The van der Waals surface area contributed by atoms with E-state index in [1.807, 2.05) is 31.2 Å². The topological polar surface area (TPSA) is 90.9 Å². The molecule has 0 spiro atoms. The molecular formula is C28H32O9. The van der Waals surface area contributed by atoms with E-state index >= 15 is 0 Å². The van der Waals surface area contributed by atoms with E-state index in [9.17, 15) is 4.79 Å². The van der Waals surface area contributed by atoms with Crippen molar-refractivity contribution in [2.45, 2.75) is 56.9 Å². The number of carbonyl (C=O) groups excluding carboxylic acids is 1. The fraction of sp³-hybridized carbons (Fsp3) is 0.464. The Hall–Kier alpha value is -2.95. The first kappa shape index (κ1) is 25.7. The van der Waals surface area contributed by atoms with Crippen molar-refractivity contribution >= 4 is 11.5 Å². The van der Waals surface area contributed by atoms with Gasteiger partial charge in [-0.25, -0.2) is 4.79 Å². The fourth-order valence-electron chi connectivity index (χ4n) is 4.73. The van der Waals surface area contributed by atoms with Crippen LogP contribution < -0.4 is 9.47 Å². The predicted molar refractivity (Wildman–Crippen MR) is 132 cm³/mol. The zero-order chi connectivity index (χ0) is 26.2. The number of fused-ring (bicyclic) bond motifs is 2. The summed E-state index contributed by atoms with van der Waals surface area (Å²) in [4.78, 5) is 13.1. The molecule has 3 heterocycles. The molecule has 37 heavy (non-hydrogen) atoms. The highest BCUT2D eigenvalue weighted by Gasteiger charge is 2.61. The highest BCUT2D eigenvalue weighted by molar-refractivity contribution is 5.89. The van der Waals surface area contributed by atoms with Crippen LogP contribution in [0.4, 0.5) is 0 Å². The Morgan fingerprint density at radius 2 is 1.73 bits per heavy atom. The summed E-state index contributed by atoms with van der Waals surface area (Å²) in [5.74, 6) is -1.85. The molecule has 0 aromatic heterocycles. The van der Waals surface area contributed by atoms with Gasteiger partial charge in [-0.2, -0.15) is 0 Å². The maximum Gasteiger partial charge on any atom is 0.338 e. The number of esters is 1. The van der Waals surface area contributed by atoms with Gasteiger partial charge >= 0.3 is 5.97 Å². The van der Waals surface area contributed by atoms with Gasteiger partial charge in [-0.15, -0.1) is 0 Å². The highest BCUT2D eigenvalue weighted by atomic mass is 16.8. The molecule has 2 fully saturated rings. The fourth-order valence-corrected chi connectivity index (χ4v) is 4.73. The molecule has 3 aliphatic rings. The average Bonchev–Trinajstić information content (AvgIpc) is 2.91. The smallest absolute Gasteiger partial charge is 0.338 e. The highest BCUT2D eigenvalue weighted by Crippen LogP contribution is 2.43. The first-order valence-corrected chi connectivity index (χ1v) is 12.2. The van der Waals surface area contributed by atoms with Gasteiger partial charge in [-0.3, -0.25) is 0 Å². The Morgan fingerprint density at radius 1 is 1.00 bits per heavy atom. The molecule has 3 aliphatic heterocycles. The van der Waals surface area contributed by atoms with E-state index in [1.165, 1.54) is 14.2 Å². The minimum absolute atomic E-state index is 0.122. The lowest BCUT2D eigenvalue weighted by Gasteiger charge is -2.55. The molecule has 0 bridgehead atoms. The number of methoxy groups -OCH3 is 2. The summed E-state index contributed by atoms with van der Waals surface area (Å²) in [6.07, 6.45) is -1.32. The van der Waals surface area contributed by atoms with Crippen LogP contribution in [-0.4, -0.2) is 69.6 Å². The van der Waals surface area contributed by atoms with E-state index in [2.05, 4.69) is 0 Å². The molecule has 198 valence electrons. The molecule has 9 heteroatoms. The minimum atomic E-state index is -1.30. The lowest BCUT2D eigenvalue weighted by atomic mass is 9.98. The molecule has 9 nitrogen and oxygen atoms in total. The molecule has 2 unspecified atom stereocenters. The summed E-state index contributed by atoms with van der Waals surface area (Å²) in [6.45, 7) is 6.08. The average molecular weight is 513 g/mol. The van der Waals surface area contributed by atoms with Crippen LogP contribution in [0.3, 0.4) is 0 Å². The number of benzene rings is 2. The molecule has 6 atom stereocenters.